The van der Waals surface area contributed by atoms with Gasteiger partial charge in [-0.25, -0.2) is 4.39 Å². The lowest BCUT2D eigenvalue weighted by molar-refractivity contribution is -0.118. The van der Waals surface area contributed by atoms with Gasteiger partial charge in [0, 0.05) is 23.8 Å². The molecule has 2 bridgehead atoms. The van der Waals surface area contributed by atoms with Crippen LogP contribution in [0.3, 0.4) is 0 Å². The maximum atomic E-state index is 12.8. The zero-order valence-electron chi connectivity index (χ0n) is 11.4. The molecule has 0 aliphatic carbocycles. The van der Waals surface area contributed by atoms with E-state index in [0.29, 0.717) is 24.3 Å². The van der Waals surface area contributed by atoms with Crippen LogP contribution >= 0.6 is 0 Å². The molecular formula is C15H20FN3O. The Hall–Kier alpha value is -1.46. The summed E-state index contributed by atoms with van der Waals surface area (Å²) in [5, 5.41) is 2.82. The zero-order valence-corrected chi connectivity index (χ0v) is 11.4. The predicted octanol–water partition coefficient (Wildman–Crippen LogP) is 1.72. The van der Waals surface area contributed by atoms with Gasteiger partial charge in [-0.05, 0) is 49.9 Å². The second-order valence-electron chi connectivity index (χ2n) is 5.84. The van der Waals surface area contributed by atoms with E-state index >= 15 is 0 Å². The van der Waals surface area contributed by atoms with Crippen molar-refractivity contribution in [3.05, 3.63) is 30.1 Å². The molecule has 1 aromatic rings. The topological polar surface area (TPSA) is 58.4 Å². The van der Waals surface area contributed by atoms with E-state index in [4.69, 9.17) is 5.73 Å². The first-order valence-corrected chi connectivity index (χ1v) is 7.18. The molecule has 2 fully saturated rings. The van der Waals surface area contributed by atoms with Crippen LogP contribution in [-0.2, 0) is 4.79 Å². The van der Waals surface area contributed by atoms with Gasteiger partial charge in [0.1, 0.15) is 5.82 Å². The Bertz CT molecular complexity index is 476. The first-order valence-electron chi connectivity index (χ1n) is 7.18. The van der Waals surface area contributed by atoms with Gasteiger partial charge < -0.3 is 11.1 Å². The molecule has 5 heteroatoms. The van der Waals surface area contributed by atoms with E-state index in [0.717, 1.165) is 25.7 Å². The number of hydrogen-bond acceptors (Lipinski definition) is 3. The molecule has 0 aromatic heterocycles. The number of nitrogens with zero attached hydrogens (tertiary/aromatic N) is 1. The Labute approximate surface area is 118 Å². The largest absolute Gasteiger partial charge is 0.328 e. The highest BCUT2D eigenvalue weighted by atomic mass is 19.1. The Morgan fingerprint density at radius 1 is 1.25 bits per heavy atom. The molecular weight excluding hydrogens is 257 g/mol. The second-order valence-corrected chi connectivity index (χ2v) is 5.84. The molecule has 20 heavy (non-hydrogen) atoms. The number of carbonyl (C=O) groups is 1. The molecule has 2 atom stereocenters. The summed E-state index contributed by atoms with van der Waals surface area (Å²) < 4.78 is 12.8. The van der Waals surface area contributed by atoms with Crippen LogP contribution in [0, 0.1) is 5.82 Å². The van der Waals surface area contributed by atoms with Gasteiger partial charge in [-0.2, -0.15) is 0 Å². The number of rotatable bonds is 3. The monoisotopic (exact) mass is 277 g/mol. The molecule has 0 radical (unpaired) electrons. The number of hydrogen-bond donors (Lipinski definition) is 2. The standard InChI is InChI=1S/C15H20FN3O/c16-10-1-3-12(4-2-10)18-15(20)9-19-13-5-6-14(19)8-11(17)7-13/h1-4,11,13-14H,5-9,17H2,(H,18,20). The second kappa shape index (κ2) is 5.50. The first-order chi connectivity index (χ1) is 9.61. The van der Waals surface area contributed by atoms with Crippen LogP contribution < -0.4 is 11.1 Å². The highest BCUT2D eigenvalue weighted by Gasteiger charge is 2.40. The number of amides is 1. The van der Waals surface area contributed by atoms with E-state index in [-0.39, 0.29) is 17.8 Å². The lowest BCUT2D eigenvalue weighted by Crippen LogP contribution is -2.49. The molecule has 0 saturated carbocycles. The Kier molecular flexibility index (Phi) is 3.72. The minimum absolute atomic E-state index is 0.0380. The number of anilines is 1. The van der Waals surface area contributed by atoms with Gasteiger partial charge in [0.05, 0.1) is 6.54 Å². The van der Waals surface area contributed by atoms with E-state index < -0.39 is 0 Å². The normalized spacial score (nSPS) is 29.4. The summed E-state index contributed by atoms with van der Waals surface area (Å²) in [6.45, 7) is 0.402. The Balaban J connectivity index is 1.58. The molecule has 1 amide bonds. The summed E-state index contributed by atoms with van der Waals surface area (Å²) in [5.74, 6) is -0.338. The quantitative estimate of drug-likeness (QED) is 0.884. The molecule has 0 spiro atoms. The number of carbonyl (C=O) groups excluding carboxylic acids is 1. The minimum Gasteiger partial charge on any atom is -0.328 e. The van der Waals surface area contributed by atoms with Crippen molar-refractivity contribution in [1.29, 1.82) is 0 Å². The van der Waals surface area contributed by atoms with E-state index in [1.54, 1.807) is 12.1 Å². The van der Waals surface area contributed by atoms with Gasteiger partial charge in [-0.3, -0.25) is 9.69 Å². The van der Waals surface area contributed by atoms with Crippen molar-refractivity contribution in [2.75, 3.05) is 11.9 Å². The smallest absolute Gasteiger partial charge is 0.238 e. The number of nitrogens with two attached hydrogens (primary N) is 1. The van der Waals surface area contributed by atoms with Gasteiger partial charge in [0.15, 0.2) is 0 Å². The summed E-state index contributed by atoms with van der Waals surface area (Å²) >= 11 is 0. The van der Waals surface area contributed by atoms with E-state index in [9.17, 15) is 9.18 Å². The van der Waals surface area contributed by atoms with E-state index in [2.05, 4.69) is 10.2 Å². The average Bonchev–Trinajstić information content (AvgIpc) is 2.65. The van der Waals surface area contributed by atoms with Crippen LogP contribution in [0.25, 0.3) is 0 Å². The molecule has 2 unspecified atom stereocenters. The van der Waals surface area contributed by atoms with Crippen molar-refractivity contribution in [2.24, 2.45) is 5.73 Å². The fourth-order valence-corrected chi connectivity index (χ4v) is 3.47. The van der Waals surface area contributed by atoms with Crippen LogP contribution in [0.5, 0.6) is 0 Å². The molecule has 2 aliphatic heterocycles. The van der Waals surface area contributed by atoms with Gasteiger partial charge in [0.25, 0.3) is 0 Å². The molecule has 2 heterocycles. The lowest BCUT2D eigenvalue weighted by atomic mass is 9.98. The number of benzene rings is 1. The van der Waals surface area contributed by atoms with Crippen LogP contribution in [0.2, 0.25) is 0 Å². The number of halogens is 1. The Morgan fingerprint density at radius 3 is 2.45 bits per heavy atom. The summed E-state index contributed by atoms with van der Waals surface area (Å²) in [6.07, 6.45) is 4.26. The fourth-order valence-electron chi connectivity index (χ4n) is 3.47. The van der Waals surface area contributed by atoms with Gasteiger partial charge in [-0.15, -0.1) is 0 Å². The van der Waals surface area contributed by atoms with Crippen molar-refractivity contribution >= 4 is 11.6 Å². The maximum Gasteiger partial charge on any atom is 0.238 e. The molecule has 4 nitrogen and oxygen atoms in total. The highest BCUT2D eigenvalue weighted by Crippen LogP contribution is 2.34. The third-order valence-electron chi connectivity index (χ3n) is 4.37. The molecule has 1 aromatic carbocycles. The zero-order chi connectivity index (χ0) is 14.1. The number of piperidine rings is 1. The van der Waals surface area contributed by atoms with Gasteiger partial charge in [0.2, 0.25) is 5.91 Å². The highest BCUT2D eigenvalue weighted by molar-refractivity contribution is 5.92. The number of nitrogens with one attached hydrogen (secondary N) is 1. The third kappa shape index (κ3) is 2.83. The van der Waals surface area contributed by atoms with Crippen LogP contribution in [-0.4, -0.2) is 35.5 Å². The van der Waals surface area contributed by atoms with Gasteiger partial charge >= 0.3 is 0 Å². The average molecular weight is 277 g/mol. The van der Waals surface area contributed by atoms with Gasteiger partial charge in [-0.1, -0.05) is 0 Å². The summed E-state index contributed by atoms with van der Waals surface area (Å²) in [4.78, 5) is 14.4. The molecule has 3 N–H and O–H groups in total. The molecule has 3 rings (SSSR count). The summed E-state index contributed by atoms with van der Waals surface area (Å²) in [6, 6.07) is 7.02. The summed E-state index contributed by atoms with van der Waals surface area (Å²) in [5.41, 5.74) is 6.66. The molecule has 2 aliphatic rings. The van der Waals surface area contributed by atoms with Crippen molar-refractivity contribution in [2.45, 2.75) is 43.8 Å². The van der Waals surface area contributed by atoms with E-state index in [1.807, 2.05) is 0 Å². The number of fused-ring (bicyclic) bond motifs is 2. The van der Waals surface area contributed by atoms with Crippen LogP contribution in [0.15, 0.2) is 24.3 Å². The van der Waals surface area contributed by atoms with Crippen molar-refractivity contribution in [3.63, 3.8) is 0 Å². The van der Waals surface area contributed by atoms with E-state index in [1.165, 1.54) is 12.1 Å². The van der Waals surface area contributed by atoms with Crippen molar-refractivity contribution in [1.82, 2.24) is 4.90 Å². The fraction of sp³-hybridized carbons (Fsp3) is 0.533. The van der Waals surface area contributed by atoms with Crippen molar-refractivity contribution < 1.29 is 9.18 Å². The third-order valence-corrected chi connectivity index (χ3v) is 4.37. The van der Waals surface area contributed by atoms with Crippen LogP contribution in [0.4, 0.5) is 10.1 Å². The maximum absolute atomic E-state index is 12.8. The minimum atomic E-state index is -0.300. The van der Waals surface area contributed by atoms with Crippen molar-refractivity contribution in [3.8, 4) is 0 Å². The predicted molar refractivity (Wildman–Crippen MR) is 75.8 cm³/mol. The lowest BCUT2D eigenvalue weighted by Gasteiger charge is -2.37. The Morgan fingerprint density at radius 2 is 1.85 bits per heavy atom. The summed E-state index contributed by atoms with van der Waals surface area (Å²) in [7, 11) is 0. The first kappa shape index (κ1) is 13.5. The molecule has 2 saturated heterocycles. The van der Waals surface area contributed by atoms with Crippen LogP contribution in [0.1, 0.15) is 25.7 Å². The molecule has 108 valence electrons. The SMILES string of the molecule is NC1CC2CCC(C1)N2CC(=O)Nc1ccc(F)cc1.